The van der Waals surface area contributed by atoms with Crippen LogP contribution in [0.1, 0.15) is 31.2 Å². The predicted octanol–water partition coefficient (Wildman–Crippen LogP) is 3.29. The Morgan fingerprint density at radius 2 is 2.00 bits per heavy atom. The van der Waals surface area contributed by atoms with Gasteiger partial charge in [-0.15, -0.1) is 0 Å². The van der Waals surface area contributed by atoms with E-state index in [-0.39, 0.29) is 0 Å². The minimum absolute atomic E-state index is 0.489. The van der Waals surface area contributed by atoms with Crippen LogP contribution in [0.25, 0.3) is 0 Å². The molecule has 0 amide bonds. The van der Waals surface area contributed by atoms with Gasteiger partial charge in [0.15, 0.2) is 0 Å². The molecule has 0 aliphatic carbocycles. The maximum Gasteiger partial charge on any atom is 0.0718 e. The lowest BCUT2D eigenvalue weighted by Crippen LogP contribution is -2.49. The first-order valence-electron chi connectivity index (χ1n) is 6.46. The van der Waals surface area contributed by atoms with Crippen molar-refractivity contribution in [2.24, 2.45) is 0 Å². The summed E-state index contributed by atoms with van der Waals surface area (Å²) in [6, 6.07) is 6.87. The van der Waals surface area contributed by atoms with Gasteiger partial charge in [0.2, 0.25) is 0 Å². The molecule has 98 valence electrons. The van der Waals surface area contributed by atoms with Crippen molar-refractivity contribution in [2.45, 2.75) is 49.8 Å². The maximum absolute atomic E-state index is 10.8. The summed E-state index contributed by atoms with van der Waals surface area (Å²) in [7, 11) is 0. The molecule has 2 N–H and O–H groups in total. The van der Waals surface area contributed by atoms with Crippen molar-refractivity contribution in [1.29, 1.82) is 0 Å². The predicted molar refractivity (Wildman–Crippen MR) is 77.0 cm³/mol. The summed E-state index contributed by atoms with van der Waals surface area (Å²) >= 11 is 9.65. The average molecular weight is 331 g/mol. The largest absolute Gasteiger partial charge is 0.389 e. The minimum atomic E-state index is -0.589. The van der Waals surface area contributed by atoms with Crippen molar-refractivity contribution in [2.75, 3.05) is 0 Å². The molecule has 2 aliphatic rings. The summed E-state index contributed by atoms with van der Waals surface area (Å²) in [4.78, 5) is 0. The second-order valence-electron chi connectivity index (χ2n) is 5.68. The summed E-state index contributed by atoms with van der Waals surface area (Å²) in [6.45, 7) is 0. The van der Waals surface area contributed by atoms with Crippen molar-refractivity contribution in [3.63, 3.8) is 0 Å². The van der Waals surface area contributed by atoms with Gasteiger partial charge in [-0.25, -0.2) is 0 Å². The number of hydrogen-bond donors (Lipinski definition) is 2. The van der Waals surface area contributed by atoms with Gasteiger partial charge in [-0.05, 0) is 43.4 Å². The first-order valence-corrected chi connectivity index (χ1v) is 7.64. The lowest BCUT2D eigenvalue weighted by Gasteiger charge is -2.37. The molecule has 2 bridgehead atoms. The molecule has 1 aromatic rings. The van der Waals surface area contributed by atoms with Gasteiger partial charge in [0.1, 0.15) is 0 Å². The smallest absolute Gasteiger partial charge is 0.0718 e. The van der Waals surface area contributed by atoms with E-state index >= 15 is 0 Å². The van der Waals surface area contributed by atoms with Gasteiger partial charge in [-0.2, -0.15) is 0 Å². The summed E-state index contributed by atoms with van der Waals surface area (Å²) in [6.07, 6.45) is 4.74. The number of hydrogen-bond acceptors (Lipinski definition) is 2. The molecule has 2 nitrogen and oxygen atoms in total. The minimum Gasteiger partial charge on any atom is -0.389 e. The van der Waals surface area contributed by atoms with Gasteiger partial charge in [0.25, 0.3) is 0 Å². The molecular formula is C14H17BrClNO. The normalized spacial score (nSPS) is 34.8. The number of nitrogens with one attached hydrogen (secondary N) is 1. The van der Waals surface area contributed by atoms with Crippen molar-refractivity contribution in [3.05, 3.63) is 33.3 Å². The zero-order valence-electron chi connectivity index (χ0n) is 10.1. The molecule has 18 heavy (non-hydrogen) atoms. The van der Waals surface area contributed by atoms with Crippen LogP contribution in [0.4, 0.5) is 0 Å². The van der Waals surface area contributed by atoms with E-state index < -0.39 is 5.60 Å². The van der Waals surface area contributed by atoms with Gasteiger partial charge < -0.3 is 10.4 Å². The lowest BCUT2D eigenvalue weighted by atomic mass is 9.82. The molecule has 4 heteroatoms. The van der Waals surface area contributed by atoms with E-state index in [9.17, 15) is 5.11 Å². The number of fused-ring (bicyclic) bond motifs is 2. The molecule has 0 aromatic heterocycles. The van der Waals surface area contributed by atoms with Crippen LogP contribution < -0.4 is 5.32 Å². The highest BCUT2D eigenvalue weighted by Crippen LogP contribution is 2.37. The Kier molecular flexibility index (Phi) is 3.43. The molecule has 0 saturated carbocycles. The molecule has 0 radical (unpaired) electrons. The fourth-order valence-electron chi connectivity index (χ4n) is 3.39. The Morgan fingerprint density at radius 3 is 2.61 bits per heavy atom. The SMILES string of the molecule is OC1(Cc2ccc(Br)cc2Cl)CC2CCC(C1)N2. The topological polar surface area (TPSA) is 32.3 Å². The molecule has 2 heterocycles. The van der Waals surface area contributed by atoms with Crippen LogP contribution in [0.2, 0.25) is 5.02 Å². The highest BCUT2D eigenvalue weighted by atomic mass is 79.9. The fourth-order valence-corrected chi connectivity index (χ4v) is 4.13. The first-order chi connectivity index (χ1) is 8.54. The highest BCUT2D eigenvalue weighted by Gasteiger charge is 2.42. The zero-order valence-corrected chi connectivity index (χ0v) is 12.5. The van der Waals surface area contributed by atoms with Crippen molar-refractivity contribution in [1.82, 2.24) is 5.32 Å². The van der Waals surface area contributed by atoms with E-state index in [4.69, 9.17) is 11.6 Å². The van der Waals surface area contributed by atoms with Crippen LogP contribution >= 0.6 is 27.5 Å². The van der Waals surface area contributed by atoms with E-state index in [1.807, 2.05) is 18.2 Å². The maximum atomic E-state index is 10.8. The van der Waals surface area contributed by atoms with Crippen LogP contribution in [-0.4, -0.2) is 22.8 Å². The Labute approximate surface area is 121 Å². The molecule has 2 saturated heterocycles. The monoisotopic (exact) mass is 329 g/mol. The lowest BCUT2D eigenvalue weighted by molar-refractivity contribution is -0.00607. The fraction of sp³-hybridized carbons (Fsp3) is 0.571. The average Bonchev–Trinajstić information content (AvgIpc) is 2.63. The van der Waals surface area contributed by atoms with Crippen molar-refractivity contribution < 1.29 is 5.11 Å². The van der Waals surface area contributed by atoms with E-state index in [1.54, 1.807) is 0 Å². The molecule has 2 atom stereocenters. The van der Waals surface area contributed by atoms with Gasteiger partial charge in [0.05, 0.1) is 5.60 Å². The summed E-state index contributed by atoms with van der Waals surface area (Å²) in [5, 5.41) is 15.1. The second kappa shape index (κ2) is 4.78. The number of piperidine rings is 1. The summed E-state index contributed by atoms with van der Waals surface area (Å²) in [5.41, 5.74) is 0.456. The van der Waals surface area contributed by atoms with Crippen LogP contribution in [0.15, 0.2) is 22.7 Å². The molecule has 3 rings (SSSR count). The summed E-state index contributed by atoms with van der Waals surface area (Å²) < 4.78 is 0.980. The van der Waals surface area contributed by atoms with Crippen LogP contribution in [0.5, 0.6) is 0 Å². The third kappa shape index (κ3) is 2.60. The number of rotatable bonds is 2. The van der Waals surface area contributed by atoms with Crippen LogP contribution in [-0.2, 0) is 6.42 Å². The molecule has 2 fully saturated rings. The van der Waals surface area contributed by atoms with Crippen LogP contribution in [0, 0.1) is 0 Å². The second-order valence-corrected chi connectivity index (χ2v) is 7.01. The van der Waals surface area contributed by atoms with E-state index in [2.05, 4.69) is 21.2 Å². The number of benzene rings is 1. The number of aliphatic hydroxyl groups is 1. The van der Waals surface area contributed by atoms with Gasteiger partial charge in [0, 0.05) is 28.0 Å². The first kappa shape index (κ1) is 12.9. The highest BCUT2D eigenvalue weighted by molar-refractivity contribution is 9.10. The van der Waals surface area contributed by atoms with Gasteiger partial charge in [-0.1, -0.05) is 33.6 Å². The number of halogens is 2. The third-order valence-electron chi connectivity index (χ3n) is 4.12. The van der Waals surface area contributed by atoms with Crippen molar-refractivity contribution >= 4 is 27.5 Å². The standard InChI is InChI=1S/C14H17BrClNO/c15-10-2-1-9(13(16)5-10)6-14(18)7-11-3-4-12(8-14)17-11/h1-2,5,11-12,17-18H,3-4,6-8H2. The Morgan fingerprint density at radius 1 is 1.33 bits per heavy atom. The van der Waals surface area contributed by atoms with E-state index in [0.29, 0.717) is 18.5 Å². The van der Waals surface area contributed by atoms with E-state index in [1.165, 1.54) is 12.8 Å². The molecular weight excluding hydrogens is 314 g/mol. The van der Waals surface area contributed by atoms with Gasteiger partial charge in [-0.3, -0.25) is 0 Å². The Bertz CT molecular complexity index is 453. The van der Waals surface area contributed by atoms with E-state index in [0.717, 1.165) is 27.9 Å². The third-order valence-corrected chi connectivity index (χ3v) is 4.97. The van der Waals surface area contributed by atoms with Crippen LogP contribution in [0.3, 0.4) is 0 Å². The molecule has 1 aromatic carbocycles. The molecule has 2 unspecified atom stereocenters. The Balaban J connectivity index is 1.79. The molecule has 2 aliphatic heterocycles. The summed E-state index contributed by atoms with van der Waals surface area (Å²) in [5.74, 6) is 0. The van der Waals surface area contributed by atoms with Crippen molar-refractivity contribution in [3.8, 4) is 0 Å². The Hall–Kier alpha value is -0.0900. The van der Waals surface area contributed by atoms with Gasteiger partial charge >= 0.3 is 0 Å². The molecule has 0 spiro atoms. The zero-order chi connectivity index (χ0) is 12.8. The quantitative estimate of drug-likeness (QED) is 0.872.